The zero-order valence-electron chi connectivity index (χ0n) is 47.1. The van der Waals surface area contributed by atoms with Gasteiger partial charge < -0.3 is 45.0 Å². The number of anilines is 5. The molecular weight excluding hydrogens is 1020 g/mol. The smallest absolute Gasteiger partial charge is 0.254 e. The molecule has 1 aromatic heterocycles. The van der Waals surface area contributed by atoms with E-state index in [2.05, 4.69) is 108 Å². The Morgan fingerprint density at radius 3 is 1.59 bits per heavy atom. The molecule has 4 aliphatic heterocycles. The number of nitriles is 4. The van der Waals surface area contributed by atoms with Gasteiger partial charge in [-0.1, -0.05) is 36.4 Å². The maximum absolute atomic E-state index is 14.1. The molecule has 0 unspecified atom stereocenters. The number of rotatable bonds is 12. The van der Waals surface area contributed by atoms with Gasteiger partial charge in [-0.15, -0.1) is 0 Å². The number of amides is 2. The second-order valence-corrected chi connectivity index (χ2v) is 22.1. The van der Waals surface area contributed by atoms with Gasteiger partial charge in [0.15, 0.2) is 0 Å². The molecule has 11 rings (SSSR count). The Kier molecular flexibility index (Phi) is 15.9. The summed E-state index contributed by atoms with van der Waals surface area (Å²) in [5.41, 5.74) is 22.5. The summed E-state index contributed by atoms with van der Waals surface area (Å²) in [5, 5.41) is 41.4. The van der Waals surface area contributed by atoms with Crippen molar-refractivity contribution in [2.75, 3.05) is 136 Å². The standard InChI is InChI=1S/C66H68N14O2/c1-45-32-46(2)56(65(81)79-30-26-76(27-31-79)62-34-48(14-15-67)8-9-52(62)40-69)36-55(45)44-73-16-18-74(19-17-73)61-13-12-49(35-54(61)42-71)50-10-11-53(41-70)63(37-50)77-20-22-78(23-21-77)64-43-72-59-33-47(3)57(38-58(59)64)66(82)80-28-24-75(25-29-80)60-7-5-4-6-51(60)39-68/h4-13,32-38,43,72H,14-31,44,67H2,1-3H3. The minimum atomic E-state index is 0.0154. The fraction of sp³-hybridized carbons (Fsp3) is 0.333. The van der Waals surface area contributed by atoms with E-state index < -0.39 is 0 Å². The van der Waals surface area contributed by atoms with E-state index in [-0.39, 0.29) is 11.8 Å². The molecule has 414 valence electrons. The number of para-hydroxylation sites is 1. The highest BCUT2D eigenvalue weighted by molar-refractivity contribution is 6.03. The third kappa shape index (κ3) is 11.0. The van der Waals surface area contributed by atoms with Crippen LogP contribution in [0.15, 0.2) is 109 Å². The normalized spacial score (nSPS) is 16.0. The predicted octanol–water partition coefficient (Wildman–Crippen LogP) is 8.32. The number of carbonyl (C=O) groups excluding carboxylic acids is 2. The van der Waals surface area contributed by atoms with Gasteiger partial charge in [0.2, 0.25) is 0 Å². The second kappa shape index (κ2) is 23.8. The van der Waals surface area contributed by atoms with Gasteiger partial charge >= 0.3 is 0 Å². The van der Waals surface area contributed by atoms with Crippen molar-refractivity contribution in [2.24, 2.45) is 5.73 Å². The number of piperazine rings is 4. The summed E-state index contributed by atoms with van der Waals surface area (Å²) in [6, 6.07) is 43.5. The van der Waals surface area contributed by atoms with Crippen molar-refractivity contribution in [3.8, 4) is 35.4 Å². The number of hydrogen-bond acceptors (Lipinski definition) is 13. The molecule has 82 heavy (non-hydrogen) atoms. The maximum atomic E-state index is 14.1. The van der Waals surface area contributed by atoms with Crippen LogP contribution in [-0.4, -0.2) is 143 Å². The molecule has 16 heteroatoms. The summed E-state index contributed by atoms with van der Waals surface area (Å²) in [7, 11) is 0. The number of benzene rings is 6. The summed E-state index contributed by atoms with van der Waals surface area (Å²) in [5.74, 6) is 0.0534. The summed E-state index contributed by atoms with van der Waals surface area (Å²) in [4.78, 5) is 49.3. The van der Waals surface area contributed by atoms with Crippen molar-refractivity contribution in [1.82, 2.24) is 19.7 Å². The van der Waals surface area contributed by atoms with E-state index in [4.69, 9.17) is 5.73 Å². The quantitative estimate of drug-likeness (QED) is 0.119. The number of aryl methyl sites for hydroxylation is 3. The largest absolute Gasteiger partial charge is 0.368 e. The van der Waals surface area contributed by atoms with Crippen LogP contribution < -0.4 is 30.2 Å². The van der Waals surface area contributed by atoms with E-state index in [0.717, 1.165) is 136 Å². The van der Waals surface area contributed by atoms with Crippen LogP contribution in [0.1, 0.15) is 70.8 Å². The summed E-state index contributed by atoms with van der Waals surface area (Å²) < 4.78 is 0. The predicted molar refractivity (Wildman–Crippen MR) is 323 cm³/mol. The lowest BCUT2D eigenvalue weighted by Gasteiger charge is -2.38. The van der Waals surface area contributed by atoms with Crippen LogP contribution in [0, 0.1) is 66.1 Å². The number of carbonyl (C=O) groups is 2. The molecular formula is C66H68N14O2. The Morgan fingerprint density at radius 1 is 0.476 bits per heavy atom. The Hall–Kier alpha value is -9.32. The van der Waals surface area contributed by atoms with Crippen LogP contribution >= 0.6 is 0 Å². The number of nitrogens with two attached hydrogens (primary N) is 1. The van der Waals surface area contributed by atoms with E-state index in [1.807, 2.05) is 90.5 Å². The van der Waals surface area contributed by atoms with Gasteiger partial charge in [-0.05, 0) is 139 Å². The minimum absolute atomic E-state index is 0.0154. The summed E-state index contributed by atoms with van der Waals surface area (Å²) in [6.07, 6.45) is 2.78. The highest BCUT2D eigenvalue weighted by atomic mass is 16.2. The first-order valence-corrected chi connectivity index (χ1v) is 28.5. The average Bonchev–Trinajstić information content (AvgIpc) is 4.10. The Morgan fingerprint density at radius 2 is 0.963 bits per heavy atom. The second-order valence-electron chi connectivity index (χ2n) is 22.1. The fourth-order valence-electron chi connectivity index (χ4n) is 12.5. The van der Waals surface area contributed by atoms with E-state index >= 15 is 0 Å². The fourth-order valence-corrected chi connectivity index (χ4v) is 12.5. The molecule has 6 aromatic carbocycles. The van der Waals surface area contributed by atoms with Crippen molar-refractivity contribution in [3.05, 3.63) is 171 Å². The number of nitrogens with one attached hydrogen (secondary N) is 1. The van der Waals surface area contributed by atoms with Crippen molar-refractivity contribution < 1.29 is 9.59 Å². The average molecular weight is 1090 g/mol. The SMILES string of the molecule is Cc1cc(C)c(C(=O)N2CCN(c3cc(CCN)ccc3C#N)CC2)cc1CN1CCN(c2ccc(-c3ccc(C#N)c(N4CCN(c5c[nH]c6cc(C)c(C(=O)N7CCN(c8ccccc8C#N)CC7)cc56)CC4)c3)cc2C#N)CC1. The number of hydrogen-bond donors (Lipinski definition) is 2. The highest BCUT2D eigenvalue weighted by Crippen LogP contribution is 2.36. The molecule has 5 heterocycles. The number of aromatic amines is 1. The molecule has 2 amide bonds. The Labute approximate surface area is 480 Å². The van der Waals surface area contributed by atoms with Crippen molar-refractivity contribution in [3.63, 3.8) is 0 Å². The molecule has 0 saturated carbocycles. The summed E-state index contributed by atoms with van der Waals surface area (Å²) in [6.45, 7) is 18.2. The van der Waals surface area contributed by atoms with E-state index in [0.29, 0.717) is 99.8 Å². The van der Waals surface area contributed by atoms with Crippen molar-refractivity contribution in [1.29, 1.82) is 21.0 Å². The highest BCUT2D eigenvalue weighted by Gasteiger charge is 2.30. The first-order chi connectivity index (χ1) is 39.9. The summed E-state index contributed by atoms with van der Waals surface area (Å²) >= 11 is 0. The Bertz CT molecular complexity index is 3750. The molecule has 0 atom stereocenters. The first kappa shape index (κ1) is 54.6. The molecule has 4 saturated heterocycles. The lowest BCUT2D eigenvalue weighted by molar-refractivity contribution is 0.0738. The molecule has 0 bridgehead atoms. The van der Waals surface area contributed by atoms with Gasteiger partial charge in [0.1, 0.15) is 24.3 Å². The van der Waals surface area contributed by atoms with Crippen LogP contribution in [-0.2, 0) is 13.0 Å². The minimum Gasteiger partial charge on any atom is -0.368 e. The van der Waals surface area contributed by atoms with E-state index in [1.54, 1.807) is 0 Å². The molecule has 4 aliphatic rings. The third-order valence-corrected chi connectivity index (χ3v) is 17.2. The number of H-pyrrole nitrogens is 1. The zero-order valence-corrected chi connectivity index (χ0v) is 47.1. The van der Waals surface area contributed by atoms with E-state index in [9.17, 15) is 30.6 Å². The third-order valence-electron chi connectivity index (χ3n) is 17.2. The zero-order chi connectivity index (χ0) is 57.0. The number of fused-ring (bicyclic) bond motifs is 1. The molecule has 4 fully saturated rings. The lowest BCUT2D eigenvalue weighted by atomic mass is 9.98. The van der Waals surface area contributed by atoms with Crippen molar-refractivity contribution in [2.45, 2.75) is 33.7 Å². The van der Waals surface area contributed by atoms with Gasteiger partial charge in [0.05, 0.1) is 50.7 Å². The molecule has 0 aliphatic carbocycles. The van der Waals surface area contributed by atoms with Crippen LogP contribution in [0.2, 0.25) is 0 Å². The van der Waals surface area contributed by atoms with Gasteiger partial charge in [0, 0.05) is 139 Å². The topological polar surface area (TPSA) is 197 Å². The van der Waals surface area contributed by atoms with Crippen molar-refractivity contribution >= 4 is 51.2 Å². The van der Waals surface area contributed by atoms with Gasteiger partial charge in [-0.3, -0.25) is 14.5 Å². The van der Waals surface area contributed by atoms with Crippen LogP contribution in [0.25, 0.3) is 22.0 Å². The molecule has 0 spiro atoms. The maximum Gasteiger partial charge on any atom is 0.254 e. The molecule has 3 N–H and O–H groups in total. The lowest BCUT2D eigenvalue weighted by Crippen LogP contribution is -2.49. The van der Waals surface area contributed by atoms with Crippen LogP contribution in [0.3, 0.4) is 0 Å². The molecule has 16 nitrogen and oxygen atoms in total. The van der Waals surface area contributed by atoms with Gasteiger partial charge in [0.25, 0.3) is 11.8 Å². The Balaban J connectivity index is 0.706. The van der Waals surface area contributed by atoms with E-state index in [1.165, 1.54) is 0 Å². The molecule has 7 aromatic rings. The van der Waals surface area contributed by atoms with Gasteiger partial charge in [-0.2, -0.15) is 21.0 Å². The van der Waals surface area contributed by atoms with Crippen LogP contribution in [0.5, 0.6) is 0 Å². The molecule has 0 radical (unpaired) electrons. The monoisotopic (exact) mass is 1090 g/mol. The number of nitrogens with zero attached hydrogens (tertiary/aromatic N) is 12. The number of aromatic nitrogens is 1. The van der Waals surface area contributed by atoms with Crippen LogP contribution in [0.4, 0.5) is 28.4 Å². The van der Waals surface area contributed by atoms with Gasteiger partial charge in [-0.25, -0.2) is 0 Å². The first-order valence-electron chi connectivity index (χ1n) is 28.5.